The van der Waals surface area contributed by atoms with Gasteiger partial charge in [0.15, 0.2) is 6.04 Å². The Morgan fingerprint density at radius 1 is 1.11 bits per heavy atom. The Bertz CT molecular complexity index is 792. The van der Waals surface area contributed by atoms with Crippen LogP contribution < -0.4 is 0 Å². The molecule has 1 aromatic rings. The third kappa shape index (κ3) is 2.66. The fourth-order valence-corrected chi connectivity index (χ4v) is 4.15. The molecule has 0 aromatic heterocycles. The number of benzene rings is 1. The predicted octanol–water partition coefficient (Wildman–Crippen LogP) is 1.76. The molecule has 2 heterocycles. The van der Waals surface area contributed by atoms with Crippen LogP contribution in [0.3, 0.4) is 0 Å². The summed E-state index contributed by atoms with van der Waals surface area (Å²) in [6.45, 7) is 1.72. The lowest BCUT2D eigenvalue weighted by Crippen LogP contribution is -2.59. The van der Waals surface area contributed by atoms with E-state index >= 15 is 0 Å². The number of rotatable bonds is 3. The molecule has 0 saturated carbocycles. The fourth-order valence-electron chi connectivity index (χ4n) is 4.15. The highest BCUT2D eigenvalue weighted by Gasteiger charge is 2.78. The van der Waals surface area contributed by atoms with E-state index in [9.17, 15) is 27.6 Å². The maximum Gasteiger partial charge on any atom is 0.412 e. The number of halogens is 3. The van der Waals surface area contributed by atoms with Crippen molar-refractivity contribution in [3.63, 3.8) is 0 Å². The van der Waals surface area contributed by atoms with Crippen molar-refractivity contribution >= 4 is 17.8 Å². The van der Waals surface area contributed by atoms with Gasteiger partial charge in [0.2, 0.25) is 11.3 Å². The first-order chi connectivity index (χ1) is 13.1. The number of nitrogens with zero attached hydrogens (tertiary/aromatic N) is 2. The third-order valence-electron chi connectivity index (χ3n) is 5.24. The molecule has 2 atom stereocenters. The number of amides is 1. The zero-order valence-electron chi connectivity index (χ0n) is 15.4. The second-order valence-electron chi connectivity index (χ2n) is 6.76. The first-order valence-corrected chi connectivity index (χ1v) is 8.49. The highest BCUT2D eigenvalue weighted by Crippen LogP contribution is 2.57. The van der Waals surface area contributed by atoms with Crippen molar-refractivity contribution < 1.29 is 37.0 Å². The van der Waals surface area contributed by atoms with E-state index in [1.807, 2.05) is 0 Å². The molecule has 2 saturated heterocycles. The van der Waals surface area contributed by atoms with Crippen LogP contribution in [-0.2, 0) is 23.9 Å². The molecule has 0 unspecified atom stereocenters. The number of carbonyl (C=O) groups excluding carboxylic acids is 3. The van der Waals surface area contributed by atoms with Crippen LogP contribution in [0.5, 0.6) is 0 Å². The van der Waals surface area contributed by atoms with Crippen molar-refractivity contribution in [2.75, 3.05) is 20.8 Å². The number of alkyl halides is 3. The van der Waals surface area contributed by atoms with Crippen molar-refractivity contribution in [3.8, 4) is 0 Å². The number of hydrogen-bond acceptors (Lipinski definition) is 6. The van der Waals surface area contributed by atoms with Crippen molar-refractivity contribution in [1.29, 1.82) is 0 Å². The van der Waals surface area contributed by atoms with E-state index in [0.717, 1.165) is 24.8 Å². The quantitative estimate of drug-likeness (QED) is 0.569. The normalized spacial score (nSPS) is 24.2. The average molecular weight is 400 g/mol. The highest BCUT2D eigenvalue weighted by molar-refractivity contribution is 6.03. The van der Waals surface area contributed by atoms with Crippen LogP contribution in [-0.4, -0.2) is 60.8 Å². The lowest BCUT2D eigenvalue weighted by molar-refractivity contribution is -0.220. The number of methoxy groups -OCH3 is 2. The fraction of sp³-hybridized carbons (Fsp3) is 0.500. The molecule has 2 fully saturated rings. The number of carbonyl (C=O) groups is 3. The first-order valence-electron chi connectivity index (χ1n) is 8.49. The van der Waals surface area contributed by atoms with Gasteiger partial charge in [-0.05, 0) is 12.5 Å². The van der Waals surface area contributed by atoms with Crippen LogP contribution in [0.15, 0.2) is 24.3 Å². The third-order valence-corrected chi connectivity index (χ3v) is 5.24. The molecule has 2 aliphatic heterocycles. The molecule has 1 amide bonds. The molecule has 152 valence electrons. The SMILES string of the molecule is COC(=O)C1(C(=O)OC)[C@H](c2ccc(C)cc2)N2CCC(=O)N2[C@H]1C(F)(F)F. The summed E-state index contributed by atoms with van der Waals surface area (Å²) < 4.78 is 51.8. The Kier molecular flexibility index (Phi) is 4.86. The molecular weight excluding hydrogens is 381 g/mol. The van der Waals surface area contributed by atoms with Gasteiger partial charge < -0.3 is 9.47 Å². The molecule has 0 bridgehead atoms. The van der Waals surface area contributed by atoms with Gasteiger partial charge in [0.1, 0.15) is 0 Å². The first kappa shape index (κ1) is 20.1. The minimum atomic E-state index is -5.08. The number of fused-ring (bicyclic) bond motifs is 1. The van der Waals surface area contributed by atoms with Crippen molar-refractivity contribution in [3.05, 3.63) is 35.4 Å². The van der Waals surface area contributed by atoms with Gasteiger partial charge in [-0.15, -0.1) is 0 Å². The lowest BCUT2D eigenvalue weighted by atomic mass is 9.71. The molecule has 3 rings (SSSR count). The Balaban J connectivity index is 2.35. The summed E-state index contributed by atoms with van der Waals surface area (Å²) in [5.41, 5.74) is -1.70. The molecule has 2 aliphatic rings. The second kappa shape index (κ2) is 6.77. The zero-order chi connectivity index (χ0) is 20.9. The van der Waals surface area contributed by atoms with E-state index in [2.05, 4.69) is 9.47 Å². The van der Waals surface area contributed by atoms with E-state index in [4.69, 9.17) is 0 Å². The summed E-state index contributed by atoms with van der Waals surface area (Å²) in [6.07, 6.45) is -5.24. The predicted molar refractivity (Wildman–Crippen MR) is 88.4 cm³/mol. The van der Waals surface area contributed by atoms with Gasteiger partial charge in [0, 0.05) is 13.0 Å². The van der Waals surface area contributed by atoms with Gasteiger partial charge in [-0.3, -0.25) is 19.4 Å². The smallest absolute Gasteiger partial charge is 0.412 e. The summed E-state index contributed by atoms with van der Waals surface area (Å²) in [6, 6.07) is 2.21. The van der Waals surface area contributed by atoms with Crippen molar-refractivity contribution in [2.45, 2.75) is 31.6 Å². The van der Waals surface area contributed by atoms with Gasteiger partial charge in [-0.2, -0.15) is 13.2 Å². The second-order valence-corrected chi connectivity index (χ2v) is 6.76. The minimum Gasteiger partial charge on any atom is -0.468 e. The molecule has 28 heavy (non-hydrogen) atoms. The lowest BCUT2D eigenvalue weighted by Gasteiger charge is -2.35. The molecule has 1 aromatic carbocycles. The Morgan fingerprint density at radius 2 is 1.64 bits per heavy atom. The maximum atomic E-state index is 14.2. The van der Waals surface area contributed by atoms with Gasteiger partial charge in [-0.25, -0.2) is 5.01 Å². The van der Waals surface area contributed by atoms with Crippen LogP contribution in [0.1, 0.15) is 23.6 Å². The summed E-state index contributed by atoms with van der Waals surface area (Å²) in [5, 5.41) is 1.59. The molecule has 10 heteroatoms. The number of esters is 2. The number of ether oxygens (including phenoxy) is 2. The van der Waals surface area contributed by atoms with Gasteiger partial charge in [0.05, 0.1) is 20.3 Å². The average Bonchev–Trinajstić information content (AvgIpc) is 3.16. The van der Waals surface area contributed by atoms with E-state index in [-0.39, 0.29) is 18.5 Å². The number of hydrogen-bond donors (Lipinski definition) is 0. The maximum absolute atomic E-state index is 14.2. The summed E-state index contributed by atoms with van der Waals surface area (Å²) in [5.74, 6) is -3.64. The minimum absolute atomic E-state index is 0.0697. The number of aryl methyl sites for hydroxylation is 1. The summed E-state index contributed by atoms with van der Waals surface area (Å²) >= 11 is 0. The van der Waals surface area contributed by atoms with E-state index < -0.39 is 41.5 Å². The topological polar surface area (TPSA) is 76.2 Å². The molecule has 0 spiro atoms. The van der Waals surface area contributed by atoms with E-state index in [1.54, 1.807) is 19.1 Å². The van der Waals surface area contributed by atoms with Crippen LogP contribution in [0.25, 0.3) is 0 Å². The molecule has 0 N–H and O–H groups in total. The molecular formula is C18H19F3N2O5. The summed E-state index contributed by atoms with van der Waals surface area (Å²) in [7, 11) is 1.79. The Morgan fingerprint density at radius 3 is 2.11 bits per heavy atom. The van der Waals surface area contributed by atoms with Crippen LogP contribution >= 0.6 is 0 Å². The highest BCUT2D eigenvalue weighted by atomic mass is 19.4. The van der Waals surface area contributed by atoms with Gasteiger partial charge in [-0.1, -0.05) is 29.8 Å². The van der Waals surface area contributed by atoms with Crippen LogP contribution in [0.4, 0.5) is 13.2 Å². The van der Waals surface area contributed by atoms with Crippen LogP contribution in [0.2, 0.25) is 0 Å². The Labute approximate surface area is 158 Å². The molecule has 7 nitrogen and oxygen atoms in total. The standard InChI is InChI=1S/C18H19F3N2O5/c1-10-4-6-11(7-5-10)13-17(15(25)27-2,16(26)28-3)14(18(19,20)21)23-12(24)8-9-22(13)23/h4-7,13-14H,8-9H2,1-3H3/t13-,14+/m0/s1. The Hall–Kier alpha value is -2.62. The van der Waals surface area contributed by atoms with Gasteiger partial charge >= 0.3 is 18.1 Å². The van der Waals surface area contributed by atoms with Crippen molar-refractivity contribution in [2.24, 2.45) is 5.41 Å². The van der Waals surface area contributed by atoms with E-state index in [1.165, 1.54) is 12.1 Å². The molecule has 0 aliphatic carbocycles. The zero-order valence-corrected chi connectivity index (χ0v) is 15.4. The van der Waals surface area contributed by atoms with E-state index in [0.29, 0.717) is 5.01 Å². The number of hydrazine groups is 1. The largest absolute Gasteiger partial charge is 0.468 e. The van der Waals surface area contributed by atoms with Gasteiger partial charge in [0.25, 0.3) is 0 Å². The van der Waals surface area contributed by atoms with Crippen LogP contribution in [0, 0.1) is 12.3 Å². The monoisotopic (exact) mass is 400 g/mol. The summed E-state index contributed by atoms with van der Waals surface area (Å²) in [4.78, 5) is 37.9. The van der Waals surface area contributed by atoms with Crippen molar-refractivity contribution in [1.82, 2.24) is 10.0 Å². The molecule has 0 radical (unpaired) electrons.